The molecule has 2 unspecified atom stereocenters. The SMILES string of the molecule is CC(N)(C(=O)NC1CCCCC1(C)C)c1ccccc1. The van der Waals surface area contributed by atoms with Crippen LogP contribution < -0.4 is 11.1 Å². The minimum Gasteiger partial charge on any atom is -0.351 e. The van der Waals surface area contributed by atoms with Crippen LogP contribution in [0.1, 0.15) is 52.0 Å². The Morgan fingerprint density at radius 1 is 1.30 bits per heavy atom. The van der Waals surface area contributed by atoms with Gasteiger partial charge in [-0.15, -0.1) is 0 Å². The molecule has 1 aromatic rings. The van der Waals surface area contributed by atoms with Crippen molar-refractivity contribution in [1.29, 1.82) is 0 Å². The standard InChI is InChI=1S/C17H26N2O/c1-16(2)12-8-7-11-14(16)19-15(20)17(3,18)13-9-5-4-6-10-13/h4-6,9-10,14H,7-8,11-12,18H2,1-3H3,(H,19,20). The molecule has 1 aliphatic rings. The van der Waals surface area contributed by atoms with Crippen LogP contribution in [-0.2, 0) is 10.3 Å². The molecule has 1 saturated carbocycles. The molecule has 0 bridgehead atoms. The second-order valence-corrected chi connectivity index (χ2v) is 6.83. The van der Waals surface area contributed by atoms with Crippen LogP contribution in [0.5, 0.6) is 0 Å². The molecule has 0 radical (unpaired) electrons. The molecule has 0 heterocycles. The maximum absolute atomic E-state index is 12.6. The second kappa shape index (κ2) is 5.57. The van der Waals surface area contributed by atoms with E-state index in [2.05, 4.69) is 19.2 Å². The fourth-order valence-electron chi connectivity index (χ4n) is 2.99. The van der Waals surface area contributed by atoms with Gasteiger partial charge in [-0.05, 0) is 30.7 Å². The van der Waals surface area contributed by atoms with Crippen LogP contribution in [0.3, 0.4) is 0 Å². The molecule has 0 aliphatic heterocycles. The first-order chi connectivity index (χ1) is 9.34. The van der Waals surface area contributed by atoms with Crippen molar-refractivity contribution < 1.29 is 4.79 Å². The predicted octanol–water partition coefficient (Wildman–Crippen LogP) is 2.95. The van der Waals surface area contributed by atoms with Crippen LogP contribution in [0.15, 0.2) is 30.3 Å². The predicted molar refractivity (Wildman–Crippen MR) is 82.2 cm³/mol. The molecule has 0 spiro atoms. The zero-order valence-electron chi connectivity index (χ0n) is 12.8. The van der Waals surface area contributed by atoms with Crippen molar-refractivity contribution in [3.8, 4) is 0 Å². The molecular weight excluding hydrogens is 248 g/mol. The van der Waals surface area contributed by atoms with Crippen molar-refractivity contribution in [2.24, 2.45) is 11.1 Å². The number of rotatable bonds is 3. The van der Waals surface area contributed by atoms with E-state index in [4.69, 9.17) is 5.73 Å². The van der Waals surface area contributed by atoms with Crippen LogP contribution in [0.2, 0.25) is 0 Å². The Kier molecular flexibility index (Phi) is 4.19. The minimum absolute atomic E-state index is 0.0799. The molecule has 2 atom stereocenters. The second-order valence-electron chi connectivity index (χ2n) is 6.83. The smallest absolute Gasteiger partial charge is 0.244 e. The van der Waals surface area contributed by atoms with E-state index in [1.807, 2.05) is 30.3 Å². The first kappa shape index (κ1) is 15.0. The van der Waals surface area contributed by atoms with Gasteiger partial charge in [0.1, 0.15) is 5.54 Å². The van der Waals surface area contributed by atoms with Gasteiger partial charge in [0.15, 0.2) is 0 Å². The zero-order valence-corrected chi connectivity index (χ0v) is 12.8. The van der Waals surface area contributed by atoms with Gasteiger partial charge in [0.25, 0.3) is 0 Å². The first-order valence-corrected chi connectivity index (χ1v) is 7.49. The van der Waals surface area contributed by atoms with Gasteiger partial charge in [-0.25, -0.2) is 0 Å². The number of hydrogen-bond donors (Lipinski definition) is 2. The van der Waals surface area contributed by atoms with Crippen molar-refractivity contribution in [2.45, 2.75) is 58.0 Å². The number of benzene rings is 1. The Labute approximate surface area is 121 Å². The van der Waals surface area contributed by atoms with E-state index in [1.54, 1.807) is 6.92 Å². The van der Waals surface area contributed by atoms with E-state index >= 15 is 0 Å². The fraction of sp³-hybridized carbons (Fsp3) is 0.588. The van der Waals surface area contributed by atoms with Gasteiger partial charge in [-0.2, -0.15) is 0 Å². The number of carbonyl (C=O) groups is 1. The highest BCUT2D eigenvalue weighted by molar-refractivity contribution is 5.87. The largest absolute Gasteiger partial charge is 0.351 e. The highest BCUT2D eigenvalue weighted by Gasteiger charge is 2.37. The lowest BCUT2D eigenvalue weighted by Gasteiger charge is -2.40. The molecule has 3 nitrogen and oxygen atoms in total. The Morgan fingerprint density at radius 3 is 2.55 bits per heavy atom. The van der Waals surface area contributed by atoms with Crippen LogP contribution in [-0.4, -0.2) is 11.9 Å². The third-order valence-corrected chi connectivity index (χ3v) is 4.66. The van der Waals surface area contributed by atoms with Crippen LogP contribution >= 0.6 is 0 Å². The van der Waals surface area contributed by atoms with E-state index in [1.165, 1.54) is 12.8 Å². The molecule has 1 amide bonds. The topological polar surface area (TPSA) is 55.1 Å². The third kappa shape index (κ3) is 3.04. The normalized spacial score (nSPS) is 24.7. The lowest BCUT2D eigenvalue weighted by atomic mass is 9.73. The summed E-state index contributed by atoms with van der Waals surface area (Å²) >= 11 is 0. The number of nitrogens with two attached hydrogens (primary N) is 1. The number of carbonyl (C=O) groups excluding carboxylic acids is 1. The zero-order chi connectivity index (χ0) is 14.8. The van der Waals surface area contributed by atoms with Crippen LogP contribution in [0.25, 0.3) is 0 Å². The van der Waals surface area contributed by atoms with Gasteiger partial charge in [-0.1, -0.05) is 57.0 Å². The van der Waals surface area contributed by atoms with Crippen molar-refractivity contribution in [3.05, 3.63) is 35.9 Å². The molecule has 3 heteroatoms. The summed E-state index contributed by atoms with van der Waals surface area (Å²) in [6, 6.07) is 9.80. The summed E-state index contributed by atoms with van der Waals surface area (Å²) < 4.78 is 0. The van der Waals surface area contributed by atoms with E-state index in [0.29, 0.717) is 0 Å². The Balaban J connectivity index is 2.11. The average Bonchev–Trinajstić information content (AvgIpc) is 2.42. The molecule has 0 saturated heterocycles. The molecular formula is C17H26N2O. The summed E-state index contributed by atoms with van der Waals surface area (Å²) in [5.74, 6) is -0.0799. The maximum atomic E-state index is 12.6. The van der Waals surface area contributed by atoms with Gasteiger partial charge in [0.05, 0.1) is 0 Å². The highest BCUT2D eigenvalue weighted by Crippen LogP contribution is 2.35. The summed E-state index contributed by atoms with van der Waals surface area (Å²) in [6.45, 7) is 6.24. The Hall–Kier alpha value is -1.35. The lowest BCUT2D eigenvalue weighted by molar-refractivity contribution is -0.128. The molecule has 1 fully saturated rings. The third-order valence-electron chi connectivity index (χ3n) is 4.66. The molecule has 110 valence electrons. The molecule has 3 N–H and O–H groups in total. The quantitative estimate of drug-likeness (QED) is 0.890. The fourth-order valence-corrected chi connectivity index (χ4v) is 2.99. The van der Waals surface area contributed by atoms with Gasteiger partial charge in [0.2, 0.25) is 5.91 Å². The number of nitrogens with one attached hydrogen (secondary N) is 1. The van der Waals surface area contributed by atoms with Gasteiger partial charge in [0, 0.05) is 6.04 Å². The Morgan fingerprint density at radius 2 is 1.95 bits per heavy atom. The van der Waals surface area contributed by atoms with Crippen LogP contribution in [0, 0.1) is 5.41 Å². The van der Waals surface area contributed by atoms with E-state index < -0.39 is 5.54 Å². The van der Waals surface area contributed by atoms with Crippen LogP contribution in [0.4, 0.5) is 0 Å². The summed E-state index contributed by atoms with van der Waals surface area (Å²) in [7, 11) is 0. The van der Waals surface area contributed by atoms with E-state index in [-0.39, 0.29) is 17.4 Å². The number of hydrogen-bond acceptors (Lipinski definition) is 2. The molecule has 1 aromatic carbocycles. The summed E-state index contributed by atoms with van der Waals surface area (Å²) in [4.78, 5) is 12.6. The molecule has 20 heavy (non-hydrogen) atoms. The average molecular weight is 274 g/mol. The van der Waals surface area contributed by atoms with Crippen molar-refractivity contribution in [1.82, 2.24) is 5.32 Å². The van der Waals surface area contributed by atoms with Gasteiger partial charge >= 0.3 is 0 Å². The summed E-state index contributed by atoms with van der Waals surface area (Å²) in [5.41, 5.74) is 6.30. The van der Waals surface area contributed by atoms with E-state index in [9.17, 15) is 4.79 Å². The Bertz CT molecular complexity index is 465. The molecule has 1 aliphatic carbocycles. The summed E-state index contributed by atoms with van der Waals surface area (Å²) in [5, 5.41) is 3.18. The lowest BCUT2D eigenvalue weighted by Crippen LogP contribution is -2.55. The molecule has 2 rings (SSSR count). The van der Waals surface area contributed by atoms with Crippen molar-refractivity contribution in [3.63, 3.8) is 0 Å². The maximum Gasteiger partial charge on any atom is 0.244 e. The highest BCUT2D eigenvalue weighted by atomic mass is 16.2. The van der Waals surface area contributed by atoms with Crippen molar-refractivity contribution >= 4 is 5.91 Å². The first-order valence-electron chi connectivity index (χ1n) is 7.49. The number of amides is 1. The van der Waals surface area contributed by atoms with Gasteiger partial charge < -0.3 is 11.1 Å². The minimum atomic E-state index is -0.977. The van der Waals surface area contributed by atoms with E-state index in [0.717, 1.165) is 18.4 Å². The monoisotopic (exact) mass is 274 g/mol. The van der Waals surface area contributed by atoms with Gasteiger partial charge in [-0.3, -0.25) is 4.79 Å². The van der Waals surface area contributed by atoms with Crippen molar-refractivity contribution in [2.75, 3.05) is 0 Å². The molecule has 0 aromatic heterocycles. The summed E-state index contributed by atoms with van der Waals surface area (Å²) in [6.07, 6.45) is 4.63.